The molecule has 3 heterocycles. The highest BCUT2D eigenvalue weighted by atomic mass is 32.1. The van der Waals surface area contributed by atoms with Gasteiger partial charge in [-0.2, -0.15) is 0 Å². The summed E-state index contributed by atoms with van der Waals surface area (Å²) in [6, 6.07) is 6.07. The number of aromatic nitrogens is 2. The van der Waals surface area contributed by atoms with E-state index in [4.69, 9.17) is 0 Å². The molecule has 0 spiro atoms. The molecule has 1 aliphatic rings. The molecule has 6 heteroatoms. The van der Waals surface area contributed by atoms with Gasteiger partial charge >= 0.3 is 5.97 Å². The molecule has 0 radical (unpaired) electrons. The molecule has 3 rings (SSSR count). The van der Waals surface area contributed by atoms with Crippen molar-refractivity contribution in [1.29, 1.82) is 0 Å². The molecule has 5 nitrogen and oxygen atoms in total. The molecule has 0 saturated carbocycles. The van der Waals surface area contributed by atoms with Gasteiger partial charge in [0, 0.05) is 36.4 Å². The van der Waals surface area contributed by atoms with Crippen LogP contribution in [0.5, 0.6) is 0 Å². The second-order valence-electron chi connectivity index (χ2n) is 8.32. The summed E-state index contributed by atoms with van der Waals surface area (Å²) in [7, 11) is 0. The first-order chi connectivity index (χ1) is 12.2. The summed E-state index contributed by atoms with van der Waals surface area (Å²) < 4.78 is 0. The van der Waals surface area contributed by atoms with Crippen molar-refractivity contribution in [2.24, 2.45) is 17.3 Å². The van der Waals surface area contributed by atoms with Crippen molar-refractivity contribution < 1.29 is 9.90 Å². The molecule has 0 aliphatic carbocycles. The maximum absolute atomic E-state index is 11.6. The molecule has 2 atom stereocenters. The number of thiophene rings is 1. The molecule has 0 amide bonds. The highest BCUT2D eigenvalue weighted by Gasteiger charge is 2.37. The molecule has 140 valence electrons. The molecule has 1 fully saturated rings. The van der Waals surface area contributed by atoms with E-state index in [1.807, 2.05) is 13.0 Å². The van der Waals surface area contributed by atoms with E-state index >= 15 is 0 Å². The second-order valence-corrected chi connectivity index (χ2v) is 9.48. The fourth-order valence-corrected chi connectivity index (χ4v) is 4.49. The first-order valence-electron chi connectivity index (χ1n) is 9.06. The third-order valence-corrected chi connectivity index (χ3v) is 6.22. The average Bonchev–Trinajstić information content (AvgIpc) is 3.02. The van der Waals surface area contributed by atoms with E-state index < -0.39 is 5.97 Å². The number of aryl methyl sites for hydroxylation is 1. The third kappa shape index (κ3) is 4.48. The van der Waals surface area contributed by atoms with Crippen molar-refractivity contribution in [3.05, 3.63) is 35.0 Å². The molecule has 0 unspecified atom stereocenters. The number of nitrogens with zero attached hydrogens (tertiary/aromatic N) is 3. The van der Waals surface area contributed by atoms with Gasteiger partial charge in [0.25, 0.3) is 0 Å². The summed E-state index contributed by atoms with van der Waals surface area (Å²) in [4.78, 5) is 25.0. The van der Waals surface area contributed by atoms with E-state index in [0.717, 1.165) is 35.9 Å². The number of hydrogen-bond donors (Lipinski definition) is 1. The summed E-state index contributed by atoms with van der Waals surface area (Å²) in [6.45, 7) is 10.9. The van der Waals surface area contributed by atoms with E-state index in [2.05, 4.69) is 47.8 Å². The molecular weight excluding hydrogens is 346 g/mol. The molecule has 2 aromatic rings. The van der Waals surface area contributed by atoms with Crippen molar-refractivity contribution in [3.63, 3.8) is 0 Å². The molecule has 0 aromatic carbocycles. The maximum Gasteiger partial charge on any atom is 0.307 e. The lowest BCUT2D eigenvalue weighted by atomic mass is 9.73. The number of carboxylic acids is 1. The van der Waals surface area contributed by atoms with Gasteiger partial charge < -0.3 is 5.11 Å². The summed E-state index contributed by atoms with van der Waals surface area (Å²) in [5, 5.41) is 9.54. The SMILES string of the molecule is Cc1ccnc(-c2ccc(CN3C[C@H](C(=O)O)C[C@@H](C(C)(C)C)C3)s2)n1. The lowest BCUT2D eigenvalue weighted by Gasteiger charge is -2.42. The Hall–Kier alpha value is -1.79. The Balaban J connectivity index is 1.74. The van der Waals surface area contributed by atoms with Crippen LogP contribution in [-0.2, 0) is 11.3 Å². The number of piperidine rings is 1. The van der Waals surface area contributed by atoms with Crippen LogP contribution in [0, 0.1) is 24.2 Å². The Labute approximate surface area is 159 Å². The molecular formula is C20H27N3O2S. The highest BCUT2D eigenvalue weighted by molar-refractivity contribution is 7.15. The number of carbonyl (C=O) groups is 1. The fraction of sp³-hybridized carbons (Fsp3) is 0.550. The van der Waals surface area contributed by atoms with Crippen LogP contribution in [-0.4, -0.2) is 39.0 Å². The van der Waals surface area contributed by atoms with Crippen molar-refractivity contribution >= 4 is 17.3 Å². The molecule has 0 bridgehead atoms. The lowest BCUT2D eigenvalue weighted by Crippen LogP contribution is -2.46. The van der Waals surface area contributed by atoms with Crippen LogP contribution in [0.1, 0.15) is 37.8 Å². The third-order valence-electron chi connectivity index (χ3n) is 5.16. The van der Waals surface area contributed by atoms with Gasteiger partial charge in [-0.15, -0.1) is 11.3 Å². The normalized spacial score (nSPS) is 21.7. The zero-order valence-corrected chi connectivity index (χ0v) is 16.7. The topological polar surface area (TPSA) is 66.3 Å². The first-order valence-corrected chi connectivity index (χ1v) is 9.88. The summed E-state index contributed by atoms with van der Waals surface area (Å²) in [6.07, 6.45) is 2.55. The number of hydrogen-bond acceptors (Lipinski definition) is 5. The zero-order chi connectivity index (χ0) is 18.9. The molecule has 1 saturated heterocycles. The van der Waals surface area contributed by atoms with Crippen molar-refractivity contribution in [1.82, 2.24) is 14.9 Å². The van der Waals surface area contributed by atoms with Crippen LogP contribution in [0.15, 0.2) is 24.4 Å². The maximum atomic E-state index is 11.6. The van der Waals surface area contributed by atoms with E-state index in [1.54, 1.807) is 17.5 Å². The Morgan fingerprint density at radius 1 is 1.31 bits per heavy atom. The van der Waals surface area contributed by atoms with Gasteiger partial charge in [0.05, 0.1) is 10.8 Å². The first kappa shape index (κ1) is 19.0. The summed E-state index contributed by atoms with van der Waals surface area (Å²) in [5.41, 5.74) is 1.07. The Morgan fingerprint density at radius 2 is 2.08 bits per heavy atom. The molecule has 1 N–H and O–H groups in total. The van der Waals surface area contributed by atoms with E-state index in [0.29, 0.717) is 12.5 Å². The number of aliphatic carboxylic acids is 1. The fourth-order valence-electron chi connectivity index (χ4n) is 3.50. The second kappa shape index (κ2) is 7.45. The van der Waals surface area contributed by atoms with Gasteiger partial charge in [-0.1, -0.05) is 20.8 Å². The van der Waals surface area contributed by atoms with Gasteiger partial charge in [0.15, 0.2) is 5.82 Å². The van der Waals surface area contributed by atoms with E-state index in [-0.39, 0.29) is 11.3 Å². The predicted octanol–water partition coefficient (Wildman–Crippen LogP) is 4.08. The monoisotopic (exact) mass is 373 g/mol. The highest BCUT2D eigenvalue weighted by Crippen LogP contribution is 2.37. The van der Waals surface area contributed by atoms with Crippen LogP contribution in [0.3, 0.4) is 0 Å². The number of likely N-dealkylation sites (tertiary alicyclic amines) is 1. The molecule has 1 aliphatic heterocycles. The predicted molar refractivity (Wildman–Crippen MR) is 104 cm³/mol. The standard InChI is InChI=1S/C20H27N3O2S/c1-13-7-8-21-18(22-13)17-6-5-16(26-17)12-23-10-14(19(24)25)9-15(11-23)20(2,3)4/h5-8,14-15H,9-12H2,1-4H3,(H,24,25)/t14-,15-/m1/s1. The van der Waals surface area contributed by atoms with Crippen LogP contribution < -0.4 is 0 Å². The summed E-state index contributed by atoms with van der Waals surface area (Å²) in [5.74, 6) is 0.184. The van der Waals surface area contributed by atoms with Crippen LogP contribution >= 0.6 is 11.3 Å². The van der Waals surface area contributed by atoms with Crippen molar-refractivity contribution in [2.75, 3.05) is 13.1 Å². The Bertz CT molecular complexity index is 781. The quantitative estimate of drug-likeness (QED) is 0.875. The van der Waals surface area contributed by atoms with Crippen molar-refractivity contribution in [2.45, 2.75) is 40.7 Å². The van der Waals surface area contributed by atoms with Crippen LogP contribution in [0.2, 0.25) is 0 Å². The minimum Gasteiger partial charge on any atom is -0.481 e. The van der Waals surface area contributed by atoms with Gasteiger partial charge in [0.1, 0.15) is 0 Å². The lowest BCUT2D eigenvalue weighted by molar-refractivity contribution is -0.145. The van der Waals surface area contributed by atoms with Crippen LogP contribution in [0.25, 0.3) is 10.7 Å². The summed E-state index contributed by atoms with van der Waals surface area (Å²) >= 11 is 1.69. The van der Waals surface area contributed by atoms with Gasteiger partial charge in [-0.05, 0) is 42.9 Å². The van der Waals surface area contributed by atoms with Gasteiger partial charge in [-0.25, -0.2) is 9.97 Å². The van der Waals surface area contributed by atoms with Crippen LogP contribution in [0.4, 0.5) is 0 Å². The minimum atomic E-state index is -0.677. The largest absolute Gasteiger partial charge is 0.481 e. The average molecular weight is 374 g/mol. The zero-order valence-electron chi connectivity index (χ0n) is 15.9. The van der Waals surface area contributed by atoms with E-state index in [9.17, 15) is 9.90 Å². The van der Waals surface area contributed by atoms with Crippen molar-refractivity contribution in [3.8, 4) is 10.7 Å². The van der Waals surface area contributed by atoms with E-state index in [1.165, 1.54) is 4.88 Å². The number of carboxylic acid groups (broad SMARTS) is 1. The smallest absolute Gasteiger partial charge is 0.307 e. The molecule has 2 aromatic heterocycles. The Morgan fingerprint density at radius 3 is 2.73 bits per heavy atom. The number of rotatable bonds is 4. The minimum absolute atomic E-state index is 0.113. The van der Waals surface area contributed by atoms with Gasteiger partial charge in [-0.3, -0.25) is 9.69 Å². The molecule has 26 heavy (non-hydrogen) atoms. The Kier molecular flexibility index (Phi) is 5.44. The van der Waals surface area contributed by atoms with Gasteiger partial charge in [0.2, 0.25) is 0 Å².